The fourth-order valence-corrected chi connectivity index (χ4v) is 3.74. The minimum Gasteiger partial charge on any atom is -0.481 e. The van der Waals surface area contributed by atoms with E-state index in [0.717, 1.165) is 6.42 Å². The topological polar surface area (TPSA) is 37.3 Å². The van der Waals surface area contributed by atoms with Crippen LogP contribution in [0.15, 0.2) is 0 Å². The molecule has 10 heavy (non-hydrogen) atoms. The third-order valence-electron chi connectivity index (χ3n) is 2.22. The SMILES string of the molecule is C[Si](C)(C)C1CC1C(=O)O. The van der Waals surface area contributed by atoms with Gasteiger partial charge in [0.15, 0.2) is 0 Å². The zero-order chi connectivity index (χ0) is 7.94. The van der Waals surface area contributed by atoms with Gasteiger partial charge in [-0.2, -0.15) is 0 Å². The lowest BCUT2D eigenvalue weighted by molar-refractivity contribution is -0.138. The van der Waals surface area contributed by atoms with Crippen molar-refractivity contribution in [2.24, 2.45) is 5.92 Å². The summed E-state index contributed by atoms with van der Waals surface area (Å²) in [5.74, 6) is -0.584. The van der Waals surface area contributed by atoms with E-state index in [0.29, 0.717) is 5.54 Å². The largest absolute Gasteiger partial charge is 0.481 e. The van der Waals surface area contributed by atoms with Crippen LogP contribution in [-0.2, 0) is 4.79 Å². The molecule has 0 radical (unpaired) electrons. The van der Waals surface area contributed by atoms with Crippen LogP contribution in [0.3, 0.4) is 0 Å². The average molecular weight is 158 g/mol. The van der Waals surface area contributed by atoms with Crippen molar-refractivity contribution in [3.05, 3.63) is 0 Å². The maximum absolute atomic E-state index is 10.4. The average Bonchev–Trinajstić information content (AvgIpc) is 2.35. The zero-order valence-corrected chi connectivity index (χ0v) is 7.72. The van der Waals surface area contributed by atoms with Crippen LogP contribution in [0.2, 0.25) is 25.2 Å². The predicted molar refractivity (Wildman–Crippen MR) is 42.8 cm³/mol. The molecular weight excluding hydrogens is 144 g/mol. The number of carboxylic acids is 1. The molecule has 2 atom stereocenters. The van der Waals surface area contributed by atoms with Gasteiger partial charge < -0.3 is 5.11 Å². The Balaban J connectivity index is 2.46. The van der Waals surface area contributed by atoms with Gasteiger partial charge in [0.25, 0.3) is 0 Å². The lowest BCUT2D eigenvalue weighted by Crippen LogP contribution is -2.22. The Morgan fingerprint density at radius 2 is 2.00 bits per heavy atom. The van der Waals surface area contributed by atoms with Gasteiger partial charge in [-0.1, -0.05) is 19.6 Å². The highest BCUT2D eigenvalue weighted by Gasteiger charge is 2.50. The molecule has 1 aliphatic rings. The molecule has 0 bridgehead atoms. The van der Waals surface area contributed by atoms with Crippen LogP contribution >= 0.6 is 0 Å². The Morgan fingerprint density at radius 3 is 2.10 bits per heavy atom. The van der Waals surface area contributed by atoms with Crippen LogP contribution in [0.1, 0.15) is 6.42 Å². The molecule has 0 amide bonds. The molecule has 58 valence electrons. The highest BCUT2D eigenvalue weighted by atomic mass is 28.3. The number of rotatable bonds is 2. The van der Waals surface area contributed by atoms with Crippen LogP contribution in [-0.4, -0.2) is 19.1 Å². The maximum atomic E-state index is 10.4. The van der Waals surface area contributed by atoms with E-state index in [1.807, 2.05) is 0 Å². The summed E-state index contributed by atoms with van der Waals surface area (Å²) in [4.78, 5) is 10.4. The summed E-state index contributed by atoms with van der Waals surface area (Å²) < 4.78 is 0. The molecule has 2 unspecified atom stereocenters. The second-order valence-corrected chi connectivity index (χ2v) is 9.63. The van der Waals surface area contributed by atoms with Gasteiger partial charge in [0.05, 0.1) is 5.92 Å². The van der Waals surface area contributed by atoms with Crippen molar-refractivity contribution in [2.75, 3.05) is 0 Å². The molecule has 1 fully saturated rings. The smallest absolute Gasteiger partial charge is 0.306 e. The van der Waals surface area contributed by atoms with Crippen molar-refractivity contribution in [3.63, 3.8) is 0 Å². The van der Waals surface area contributed by atoms with E-state index in [4.69, 9.17) is 5.11 Å². The summed E-state index contributed by atoms with van der Waals surface area (Å²) in [5, 5.41) is 8.61. The number of hydrogen-bond acceptors (Lipinski definition) is 1. The Labute approximate surface area is 62.3 Å². The van der Waals surface area contributed by atoms with Gasteiger partial charge in [-0.3, -0.25) is 4.79 Å². The normalized spacial score (nSPS) is 31.9. The monoisotopic (exact) mass is 158 g/mol. The van der Waals surface area contributed by atoms with E-state index in [-0.39, 0.29) is 5.92 Å². The fraction of sp³-hybridized carbons (Fsp3) is 0.857. The fourth-order valence-electron chi connectivity index (χ4n) is 1.43. The van der Waals surface area contributed by atoms with Gasteiger partial charge in [-0.05, 0) is 12.0 Å². The second-order valence-electron chi connectivity index (χ2n) is 4.15. The Bertz CT molecular complexity index is 159. The molecule has 1 N–H and O–H groups in total. The lowest BCUT2D eigenvalue weighted by atomic mass is 10.4. The molecule has 0 aromatic heterocycles. The molecule has 2 nitrogen and oxygen atoms in total. The molecule has 0 heterocycles. The third-order valence-corrected chi connectivity index (χ3v) is 5.08. The van der Waals surface area contributed by atoms with Gasteiger partial charge in [0, 0.05) is 8.07 Å². The zero-order valence-electron chi connectivity index (χ0n) is 6.72. The quantitative estimate of drug-likeness (QED) is 0.622. The minimum absolute atomic E-state index is 0.00617. The molecule has 0 saturated heterocycles. The molecule has 1 saturated carbocycles. The van der Waals surface area contributed by atoms with E-state index in [2.05, 4.69) is 19.6 Å². The summed E-state index contributed by atoms with van der Waals surface area (Å²) in [5.41, 5.74) is 0.546. The molecule has 0 aromatic carbocycles. The summed E-state index contributed by atoms with van der Waals surface area (Å²) in [6.07, 6.45) is 0.936. The number of carbonyl (C=O) groups is 1. The standard InChI is InChI=1S/C7H14O2Si/c1-10(2,3)6-4-5(6)7(8)9/h5-6H,4H2,1-3H3,(H,8,9). The van der Waals surface area contributed by atoms with Crippen molar-refractivity contribution in [1.82, 2.24) is 0 Å². The second kappa shape index (κ2) is 2.09. The highest BCUT2D eigenvalue weighted by molar-refractivity contribution is 6.78. The minimum atomic E-state index is -1.13. The molecule has 0 aromatic rings. The van der Waals surface area contributed by atoms with Gasteiger partial charge in [0.1, 0.15) is 0 Å². The van der Waals surface area contributed by atoms with E-state index >= 15 is 0 Å². The van der Waals surface area contributed by atoms with Gasteiger partial charge in [-0.15, -0.1) is 0 Å². The molecule has 1 aliphatic carbocycles. The Hall–Kier alpha value is -0.313. The summed E-state index contributed by atoms with van der Waals surface area (Å²) in [7, 11) is -1.13. The van der Waals surface area contributed by atoms with Gasteiger partial charge in [0.2, 0.25) is 0 Å². The van der Waals surface area contributed by atoms with Crippen LogP contribution in [0, 0.1) is 5.92 Å². The number of carboxylic acid groups (broad SMARTS) is 1. The molecule has 0 aliphatic heterocycles. The Morgan fingerprint density at radius 1 is 1.50 bits per heavy atom. The van der Waals surface area contributed by atoms with E-state index in [1.165, 1.54) is 0 Å². The predicted octanol–water partition coefficient (Wildman–Crippen LogP) is 1.80. The van der Waals surface area contributed by atoms with Crippen molar-refractivity contribution in [3.8, 4) is 0 Å². The van der Waals surface area contributed by atoms with Gasteiger partial charge >= 0.3 is 5.97 Å². The summed E-state index contributed by atoms with van der Waals surface area (Å²) >= 11 is 0. The van der Waals surface area contributed by atoms with Crippen LogP contribution < -0.4 is 0 Å². The van der Waals surface area contributed by atoms with Crippen molar-refractivity contribution in [2.45, 2.75) is 31.6 Å². The number of hydrogen-bond donors (Lipinski definition) is 1. The maximum Gasteiger partial charge on any atom is 0.306 e. The highest BCUT2D eigenvalue weighted by Crippen LogP contribution is 2.51. The van der Waals surface area contributed by atoms with E-state index < -0.39 is 14.0 Å². The third kappa shape index (κ3) is 1.40. The van der Waals surface area contributed by atoms with E-state index in [1.54, 1.807) is 0 Å². The summed E-state index contributed by atoms with van der Waals surface area (Å²) in [6, 6.07) is 0. The molecule has 3 heteroatoms. The van der Waals surface area contributed by atoms with Gasteiger partial charge in [-0.25, -0.2) is 0 Å². The molecular formula is C7H14O2Si. The molecule has 1 rings (SSSR count). The van der Waals surface area contributed by atoms with Crippen molar-refractivity contribution < 1.29 is 9.90 Å². The van der Waals surface area contributed by atoms with E-state index in [9.17, 15) is 4.79 Å². The summed E-state index contributed by atoms with van der Waals surface area (Å²) in [6.45, 7) is 6.71. The first-order chi connectivity index (χ1) is 4.43. The van der Waals surface area contributed by atoms with Crippen LogP contribution in [0.25, 0.3) is 0 Å². The molecule has 0 spiro atoms. The first kappa shape index (κ1) is 7.79. The van der Waals surface area contributed by atoms with Crippen molar-refractivity contribution in [1.29, 1.82) is 0 Å². The van der Waals surface area contributed by atoms with Crippen molar-refractivity contribution >= 4 is 14.0 Å². The van der Waals surface area contributed by atoms with Crippen LogP contribution in [0.5, 0.6) is 0 Å². The Kier molecular flexibility index (Phi) is 1.62. The number of aliphatic carboxylic acids is 1. The first-order valence-electron chi connectivity index (χ1n) is 3.65. The van der Waals surface area contributed by atoms with Crippen LogP contribution in [0.4, 0.5) is 0 Å². The first-order valence-corrected chi connectivity index (χ1v) is 7.23. The lowest BCUT2D eigenvalue weighted by Gasteiger charge is -2.13.